The molecule has 3 N–H and O–H groups in total. The highest BCUT2D eigenvalue weighted by atomic mass is 16.4. The smallest absolute Gasteiger partial charge is 0.257 e. The number of carbonyl (C=O) groups excluding carboxylic acids is 1. The van der Waals surface area contributed by atoms with E-state index in [2.05, 4.69) is 5.16 Å². The minimum atomic E-state index is -0.0918. The van der Waals surface area contributed by atoms with Crippen molar-refractivity contribution in [1.82, 2.24) is 4.90 Å². The molecule has 1 aliphatic heterocycles. The van der Waals surface area contributed by atoms with Crippen molar-refractivity contribution in [2.24, 2.45) is 16.8 Å². The van der Waals surface area contributed by atoms with Gasteiger partial charge >= 0.3 is 0 Å². The van der Waals surface area contributed by atoms with Crippen molar-refractivity contribution in [3.8, 4) is 0 Å². The largest absolute Gasteiger partial charge is 0.463 e. The number of benzene rings is 1. The van der Waals surface area contributed by atoms with Crippen LogP contribution in [0.15, 0.2) is 40.1 Å². The normalized spacial score (nSPS) is 19.9. The summed E-state index contributed by atoms with van der Waals surface area (Å²) in [6.07, 6.45) is 3.16. The Hall–Kier alpha value is -2.50. The summed E-state index contributed by atoms with van der Waals surface area (Å²) in [6, 6.07) is 7.46. The van der Waals surface area contributed by atoms with Crippen LogP contribution in [-0.4, -0.2) is 34.9 Å². The second kappa shape index (κ2) is 5.47. The number of hydrogen-bond acceptors (Lipinski definition) is 4. The van der Waals surface area contributed by atoms with Crippen molar-refractivity contribution in [3.05, 3.63) is 36.1 Å². The lowest BCUT2D eigenvalue weighted by molar-refractivity contribution is 0.0702. The third-order valence-corrected chi connectivity index (χ3v) is 3.95. The second-order valence-corrected chi connectivity index (χ2v) is 5.26. The van der Waals surface area contributed by atoms with Crippen LogP contribution in [-0.2, 0) is 0 Å². The van der Waals surface area contributed by atoms with E-state index in [4.69, 9.17) is 15.4 Å². The summed E-state index contributed by atoms with van der Waals surface area (Å²) in [5.41, 5.74) is 6.92. The maximum absolute atomic E-state index is 12.7. The number of hydrogen-bond donors (Lipinski definition) is 2. The molecule has 1 aromatic heterocycles. The Morgan fingerprint density at radius 2 is 2.24 bits per heavy atom. The van der Waals surface area contributed by atoms with Crippen LogP contribution >= 0.6 is 0 Å². The van der Waals surface area contributed by atoms with E-state index in [0.29, 0.717) is 24.2 Å². The van der Waals surface area contributed by atoms with Crippen molar-refractivity contribution in [2.75, 3.05) is 13.1 Å². The minimum absolute atomic E-state index is 0.0737. The molecule has 0 bridgehead atoms. The first-order valence-electron chi connectivity index (χ1n) is 6.93. The number of amidine groups is 1. The molecule has 0 aliphatic carbocycles. The van der Waals surface area contributed by atoms with Crippen molar-refractivity contribution in [1.29, 1.82) is 0 Å². The summed E-state index contributed by atoms with van der Waals surface area (Å²) in [5, 5.41) is 12.7. The zero-order valence-corrected chi connectivity index (χ0v) is 11.5. The monoisotopic (exact) mass is 287 g/mol. The molecule has 2 heterocycles. The molecule has 1 atom stereocenters. The Labute approximate surface area is 121 Å². The molecule has 6 nitrogen and oxygen atoms in total. The third-order valence-electron chi connectivity index (χ3n) is 3.95. The average molecular weight is 287 g/mol. The first kappa shape index (κ1) is 13.5. The molecule has 1 aromatic carbocycles. The Morgan fingerprint density at radius 3 is 3.05 bits per heavy atom. The number of nitrogens with two attached hydrogens (primary N) is 1. The number of rotatable bonds is 2. The molecule has 2 aromatic rings. The summed E-state index contributed by atoms with van der Waals surface area (Å²) in [5.74, 6) is 0.0193. The second-order valence-electron chi connectivity index (χ2n) is 5.26. The maximum Gasteiger partial charge on any atom is 0.257 e. The SMILES string of the molecule is NC(=NO)C1CCCN(C(=O)c2coc3ccccc23)C1. The molecule has 1 fully saturated rings. The highest BCUT2D eigenvalue weighted by Crippen LogP contribution is 2.24. The summed E-state index contributed by atoms with van der Waals surface area (Å²) < 4.78 is 5.42. The summed E-state index contributed by atoms with van der Waals surface area (Å²) in [4.78, 5) is 14.4. The van der Waals surface area contributed by atoms with Gasteiger partial charge in [0, 0.05) is 24.4 Å². The van der Waals surface area contributed by atoms with Gasteiger partial charge in [-0.1, -0.05) is 23.4 Å². The fraction of sp³-hybridized carbons (Fsp3) is 0.333. The van der Waals surface area contributed by atoms with Crippen LogP contribution < -0.4 is 5.73 Å². The van der Waals surface area contributed by atoms with Crippen molar-refractivity contribution in [3.63, 3.8) is 0 Å². The lowest BCUT2D eigenvalue weighted by atomic mass is 9.96. The van der Waals surface area contributed by atoms with Gasteiger partial charge in [0.1, 0.15) is 17.7 Å². The molecular weight excluding hydrogens is 270 g/mol. The van der Waals surface area contributed by atoms with E-state index in [9.17, 15) is 4.79 Å². The number of para-hydroxylation sites is 1. The molecule has 110 valence electrons. The Balaban J connectivity index is 1.85. The molecule has 1 saturated heterocycles. The maximum atomic E-state index is 12.7. The highest BCUT2D eigenvalue weighted by molar-refractivity contribution is 6.06. The van der Waals surface area contributed by atoms with Gasteiger partial charge in [-0.3, -0.25) is 4.79 Å². The lowest BCUT2D eigenvalue weighted by Gasteiger charge is -2.31. The number of piperidine rings is 1. The first-order valence-corrected chi connectivity index (χ1v) is 6.93. The van der Waals surface area contributed by atoms with E-state index in [1.54, 1.807) is 4.90 Å². The van der Waals surface area contributed by atoms with E-state index < -0.39 is 0 Å². The number of fused-ring (bicyclic) bond motifs is 1. The quantitative estimate of drug-likeness (QED) is 0.382. The van der Waals surface area contributed by atoms with Gasteiger partial charge in [-0.25, -0.2) is 0 Å². The summed E-state index contributed by atoms with van der Waals surface area (Å²) in [6.45, 7) is 1.14. The predicted octanol–water partition coefficient (Wildman–Crippen LogP) is 2.03. The van der Waals surface area contributed by atoms with Crippen LogP contribution in [0.2, 0.25) is 0 Å². The number of nitrogens with zero attached hydrogens (tertiary/aromatic N) is 2. The summed E-state index contributed by atoms with van der Waals surface area (Å²) in [7, 11) is 0. The van der Waals surface area contributed by atoms with Gasteiger partial charge in [-0.15, -0.1) is 0 Å². The van der Waals surface area contributed by atoms with E-state index in [1.807, 2.05) is 24.3 Å². The highest BCUT2D eigenvalue weighted by Gasteiger charge is 2.28. The zero-order chi connectivity index (χ0) is 14.8. The number of amides is 1. The molecule has 1 amide bonds. The first-order chi connectivity index (χ1) is 10.2. The molecular formula is C15H17N3O3. The molecule has 6 heteroatoms. The van der Waals surface area contributed by atoms with Gasteiger partial charge in [0.15, 0.2) is 0 Å². The number of likely N-dealkylation sites (tertiary alicyclic amines) is 1. The van der Waals surface area contributed by atoms with E-state index in [0.717, 1.165) is 18.2 Å². The topological polar surface area (TPSA) is 92.1 Å². The van der Waals surface area contributed by atoms with Crippen LogP contribution in [0.5, 0.6) is 0 Å². The van der Waals surface area contributed by atoms with Gasteiger partial charge in [0.2, 0.25) is 0 Å². The lowest BCUT2D eigenvalue weighted by Crippen LogP contribution is -2.44. The van der Waals surface area contributed by atoms with Gasteiger partial charge in [-0.2, -0.15) is 0 Å². The van der Waals surface area contributed by atoms with Gasteiger partial charge in [0.05, 0.1) is 5.56 Å². The molecule has 3 rings (SSSR count). The van der Waals surface area contributed by atoms with E-state index in [-0.39, 0.29) is 17.7 Å². The Kier molecular flexibility index (Phi) is 3.51. The summed E-state index contributed by atoms with van der Waals surface area (Å²) >= 11 is 0. The fourth-order valence-electron chi connectivity index (χ4n) is 2.80. The van der Waals surface area contributed by atoms with Crippen molar-refractivity contribution >= 4 is 22.7 Å². The van der Waals surface area contributed by atoms with Gasteiger partial charge < -0.3 is 20.3 Å². The fourth-order valence-corrected chi connectivity index (χ4v) is 2.80. The Bertz CT molecular complexity index is 692. The van der Waals surface area contributed by atoms with E-state index in [1.165, 1.54) is 6.26 Å². The molecule has 21 heavy (non-hydrogen) atoms. The third kappa shape index (κ3) is 2.44. The van der Waals surface area contributed by atoms with Crippen LogP contribution in [0.25, 0.3) is 11.0 Å². The van der Waals surface area contributed by atoms with Crippen LogP contribution in [0.3, 0.4) is 0 Å². The number of oxime groups is 1. The average Bonchev–Trinajstić information content (AvgIpc) is 2.97. The molecule has 1 aliphatic rings. The number of carbonyl (C=O) groups is 1. The molecule has 0 radical (unpaired) electrons. The predicted molar refractivity (Wildman–Crippen MR) is 78.3 cm³/mol. The van der Waals surface area contributed by atoms with Crippen LogP contribution in [0.1, 0.15) is 23.2 Å². The Morgan fingerprint density at radius 1 is 1.43 bits per heavy atom. The van der Waals surface area contributed by atoms with Crippen molar-refractivity contribution < 1.29 is 14.4 Å². The molecule has 0 spiro atoms. The van der Waals surface area contributed by atoms with Crippen molar-refractivity contribution in [2.45, 2.75) is 12.8 Å². The minimum Gasteiger partial charge on any atom is -0.463 e. The van der Waals surface area contributed by atoms with Gasteiger partial charge in [-0.05, 0) is 18.9 Å². The number of furan rings is 1. The molecule has 1 unspecified atom stereocenters. The van der Waals surface area contributed by atoms with Crippen LogP contribution in [0.4, 0.5) is 0 Å². The van der Waals surface area contributed by atoms with Crippen LogP contribution in [0, 0.1) is 5.92 Å². The molecule has 0 saturated carbocycles. The standard InChI is InChI=1S/C15H17N3O3/c16-14(17-20)10-4-3-7-18(8-10)15(19)12-9-21-13-6-2-1-5-11(12)13/h1-2,5-6,9-10,20H,3-4,7-8H2,(H2,16,17). The zero-order valence-electron chi connectivity index (χ0n) is 11.5. The van der Waals surface area contributed by atoms with E-state index >= 15 is 0 Å². The van der Waals surface area contributed by atoms with Gasteiger partial charge in [0.25, 0.3) is 5.91 Å².